The van der Waals surface area contributed by atoms with E-state index < -0.39 is 5.41 Å². The molecule has 4 atom stereocenters. The number of fused-ring (bicyclic) bond motifs is 2. The van der Waals surface area contributed by atoms with Crippen LogP contribution >= 0.6 is 0 Å². The molecule has 0 amide bonds. The minimum Gasteiger partial charge on any atom is -0.466 e. The van der Waals surface area contributed by atoms with Crippen molar-refractivity contribution in [2.45, 2.75) is 63.1 Å². The fourth-order valence-electron chi connectivity index (χ4n) is 8.23. The number of ketones is 1. The molecule has 2 aromatic carbocycles. The first kappa shape index (κ1) is 22.2. The molecule has 7 nitrogen and oxygen atoms in total. The zero-order valence-corrected chi connectivity index (χ0v) is 20.7. The van der Waals surface area contributed by atoms with Crippen LogP contribution in [0.4, 0.5) is 5.69 Å². The lowest BCUT2D eigenvalue weighted by Crippen LogP contribution is -2.68. The second-order valence-corrected chi connectivity index (χ2v) is 10.9. The summed E-state index contributed by atoms with van der Waals surface area (Å²) in [7, 11) is 0. The molecule has 0 unspecified atom stereocenters. The molecule has 7 rings (SSSR count). The number of esters is 1. The Bertz CT molecular complexity index is 1230. The van der Waals surface area contributed by atoms with Crippen LogP contribution in [0.1, 0.15) is 50.2 Å². The number of ether oxygens (including phenoxy) is 3. The predicted molar refractivity (Wildman–Crippen MR) is 133 cm³/mol. The first-order chi connectivity index (χ1) is 17.6. The minimum absolute atomic E-state index is 0.0192. The monoisotopic (exact) mass is 488 g/mol. The summed E-state index contributed by atoms with van der Waals surface area (Å²) in [5, 5.41) is 0. The van der Waals surface area contributed by atoms with Gasteiger partial charge in [0.1, 0.15) is 5.78 Å². The molecule has 1 aliphatic carbocycles. The maximum Gasteiger partial charge on any atom is 0.306 e. The number of carbonyl (C=O) groups is 2. The maximum absolute atomic E-state index is 14.2. The van der Waals surface area contributed by atoms with Crippen molar-refractivity contribution in [3.8, 4) is 11.5 Å². The maximum atomic E-state index is 14.2. The number of benzene rings is 2. The molecule has 0 N–H and O–H groups in total. The zero-order valence-electron chi connectivity index (χ0n) is 20.7. The number of nitrogens with zero attached hydrogens (tertiary/aromatic N) is 2. The van der Waals surface area contributed by atoms with Crippen molar-refractivity contribution in [1.82, 2.24) is 4.90 Å². The summed E-state index contributed by atoms with van der Waals surface area (Å²) >= 11 is 0. The Kier molecular flexibility index (Phi) is 4.91. The quantitative estimate of drug-likeness (QED) is 0.593. The Balaban J connectivity index is 1.40. The van der Waals surface area contributed by atoms with E-state index in [2.05, 4.69) is 46.2 Å². The van der Waals surface area contributed by atoms with Crippen molar-refractivity contribution in [3.63, 3.8) is 0 Å². The van der Waals surface area contributed by atoms with Crippen LogP contribution in [-0.4, -0.2) is 55.2 Å². The Hall–Kier alpha value is -3.06. The van der Waals surface area contributed by atoms with Crippen molar-refractivity contribution < 1.29 is 23.8 Å². The Morgan fingerprint density at radius 3 is 2.72 bits per heavy atom. The molecule has 2 saturated heterocycles. The molecule has 3 fully saturated rings. The predicted octanol–water partition coefficient (Wildman–Crippen LogP) is 3.82. The van der Waals surface area contributed by atoms with Gasteiger partial charge in [-0.2, -0.15) is 0 Å². The highest BCUT2D eigenvalue weighted by Gasteiger charge is 2.71. The van der Waals surface area contributed by atoms with Gasteiger partial charge in [-0.05, 0) is 56.5 Å². The van der Waals surface area contributed by atoms with E-state index in [1.807, 2.05) is 13.0 Å². The van der Waals surface area contributed by atoms with Gasteiger partial charge in [0.15, 0.2) is 11.5 Å². The molecule has 4 heterocycles. The number of Topliss-reactive ketones (excluding diaryl/α,β-unsaturated/α-hetero) is 1. The van der Waals surface area contributed by atoms with E-state index in [1.165, 1.54) is 11.1 Å². The van der Waals surface area contributed by atoms with E-state index >= 15 is 0 Å². The standard InChI is InChI=1S/C29H32N2O5/c1-2-34-26(33)16-28-9-6-11-30-12-10-29(27(28)30)20-13-22-23(36-18-35-22)14-21(20)31(24(29)15-25(28)32)17-19-7-4-3-5-8-19/h3-5,7-8,13-14,24,27H,2,6,9-12,15-18H2,1H3/t24-,27-,28+,29-/m1/s1. The van der Waals surface area contributed by atoms with E-state index in [9.17, 15) is 9.59 Å². The average Bonchev–Trinajstić information content (AvgIpc) is 3.56. The summed E-state index contributed by atoms with van der Waals surface area (Å²) in [5.74, 6) is 1.52. The van der Waals surface area contributed by atoms with Gasteiger partial charge >= 0.3 is 5.97 Å². The molecule has 188 valence electrons. The van der Waals surface area contributed by atoms with E-state index in [1.54, 1.807) is 0 Å². The summed E-state index contributed by atoms with van der Waals surface area (Å²) in [6, 6.07) is 14.8. The third-order valence-electron chi connectivity index (χ3n) is 9.42. The Morgan fingerprint density at radius 1 is 1.11 bits per heavy atom. The fraction of sp³-hybridized carbons (Fsp3) is 0.517. The van der Waals surface area contributed by atoms with Gasteiger partial charge in [-0.1, -0.05) is 30.3 Å². The summed E-state index contributed by atoms with van der Waals surface area (Å²) in [4.78, 5) is 32.0. The van der Waals surface area contributed by atoms with Gasteiger partial charge in [0.25, 0.3) is 0 Å². The number of rotatable bonds is 5. The van der Waals surface area contributed by atoms with Crippen LogP contribution < -0.4 is 14.4 Å². The highest BCUT2D eigenvalue weighted by atomic mass is 16.7. The smallest absolute Gasteiger partial charge is 0.306 e. The summed E-state index contributed by atoms with van der Waals surface area (Å²) in [6.45, 7) is 5.03. The van der Waals surface area contributed by atoms with Gasteiger partial charge in [0, 0.05) is 42.2 Å². The number of anilines is 1. The van der Waals surface area contributed by atoms with Crippen LogP contribution in [0.25, 0.3) is 0 Å². The summed E-state index contributed by atoms with van der Waals surface area (Å²) in [5.41, 5.74) is 2.66. The number of carbonyl (C=O) groups excluding carboxylic acids is 2. The second kappa shape index (κ2) is 7.97. The molecular formula is C29H32N2O5. The van der Waals surface area contributed by atoms with Crippen LogP contribution in [0.3, 0.4) is 0 Å². The average molecular weight is 489 g/mol. The minimum atomic E-state index is -0.700. The summed E-state index contributed by atoms with van der Waals surface area (Å²) in [6.07, 6.45) is 3.27. The molecule has 0 aromatic heterocycles. The number of hydrogen-bond acceptors (Lipinski definition) is 7. The molecule has 7 heteroatoms. The molecule has 2 aromatic rings. The lowest BCUT2D eigenvalue weighted by atomic mass is 9.51. The Morgan fingerprint density at radius 2 is 1.92 bits per heavy atom. The lowest BCUT2D eigenvalue weighted by molar-refractivity contribution is -0.159. The van der Waals surface area contributed by atoms with E-state index in [0.717, 1.165) is 56.1 Å². The third-order valence-corrected chi connectivity index (χ3v) is 9.42. The largest absolute Gasteiger partial charge is 0.466 e. The first-order valence-electron chi connectivity index (χ1n) is 13.2. The van der Waals surface area contributed by atoms with Crippen LogP contribution in [-0.2, 0) is 26.3 Å². The zero-order chi connectivity index (χ0) is 24.5. The van der Waals surface area contributed by atoms with Gasteiger partial charge in [0.05, 0.1) is 18.4 Å². The van der Waals surface area contributed by atoms with Crippen molar-refractivity contribution in [3.05, 3.63) is 53.6 Å². The molecule has 1 saturated carbocycles. The van der Waals surface area contributed by atoms with Crippen molar-refractivity contribution >= 4 is 17.4 Å². The van der Waals surface area contributed by atoms with Crippen LogP contribution in [0.2, 0.25) is 0 Å². The normalized spacial score (nSPS) is 31.7. The highest BCUT2D eigenvalue weighted by molar-refractivity contribution is 5.94. The molecule has 0 radical (unpaired) electrons. The topological polar surface area (TPSA) is 68.3 Å². The Labute approximate surface area is 211 Å². The molecule has 5 aliphatic rings. The van der Waals surface area contributed by atoms with E-state index in [4.69, 9.17) is 14.2 Å². The number of hydrogen-bond donors (Lipinski definition) is 0. The van der Waals surface area contributed by atoms with Gasteiger partial charge in [-0.15, -0.1) is 0 Å². The highest BCUT2D eigenvalue weighted by Crippen LogP contribution is 2.65. The molecule has 36 heavy (non-hydrogen) atoms. The van der Waals surface area contributed by atoms with Crippen LogP contribution in [0.15, 0.2) is 42.5 Å². The SMILES string of the molecule is CCOC(=O)C[C@@]12CCCN3CC[C@]4(c5cc6c(cc5N(Cc5ccccc5)[C@@H]4CC1=O)OCO6)[C@H]32. The molecule has 0 bridgehead atoms. The second-order valence-electron chi connectivity index (χ2n) is 10.9. The van der Waals surface area contributed by atoms with E-state index in [-0.39, 0.29) is 42.5 Å². The summed E-state index contributed by atoms with van der Waals surface area (Å²) < 4.78 is 17.0. The van der Waals surface area contributed by atoms with Crippen molar-refractivity contribution in [2.24, 2.45) is 5.41 Å². The van der Waals surface area contributed by atoms with Gasteiger partial charge < -0.3 is 19.1 Å². The third kappa shape index (κ3) is 2.89. The van der Waals surface area contributed by atoms with Gasteiger partial charge in [-0.3, -0.25) is 14.5 Å². The molecule has 1 spiro atoms. The fourth-order valence-corrected chi connectivity index (χ4v) is 8.23. The number of piperidine rings is 1. The van der Waals surface area contributed by atoms with Crippen molar-refractivity contribution in [2.75, 3.05) is 31.4 Å². The lowest BCUT2D eigenvalue weighted by Gasteiger charge is -2.57. The van der Waals surface area contributed by atoms with Gasteiger partial charge in [-0.25, -0.2) is 0 Å². The van der Waals surface area contributed by atoms with Crippen molar-refractivity contribution in [1.29, 1.82) is 0 Å². The van der Waals surface area contributed by atoms with Gasteiger partial charge in [0.2, 0.25) is 6.79 Å². The van der Waals surface area contributed by atoms with Crippen LogP contribution in [0, 0.1) is 5.41 Å². The van der Waals surface area contributed by atoms with E-state index in [0.29, 0.717) is 13.0 Å². The molecular weight excluding hydrogens is 456 g/mol. The van der Waals surface area contributed by atoms with Crippen LogP contribution in [0.5, 0.6) is 11.5 Å². The molecule has 4 aliphatic heterocycles. The first-order valence-corrected chi connectivity index (χ1v) is 13.2.